The van der Waals surface area contributed by atoms with Crippen LogP contribution in [0.4, 0.5) is 0 Å². The van der Waals surface area contributed by atoms with E-state index in [1.807, 2.05) is 38.1 Å². The molecule has 2 heterocycles. The summed E-state index contributed by atoms with van der Waals surface area (Å²) in [6.45, 7) is 5.11. The summed E-state index contributed by atoms with van der Waals surface area (Å²) in [7, 11) is 0. The molecule has 1 aliphatic heterocycles. The Bertz CT molecular complexity index is 1170. The molecule has 0 atom stereocenters. The smallest absolute Gasteiger partial charge is 0.258 e. The molecule has 1 amide bonds. The Morgan fingerprint density at radius 3 is 2.73 bits per heavy atom. The van der Waals surface area contributed by atoms with Gasteiger partial charge >= 0.3 is 0 Å². The van der Waals surface area contributed by atoms with Gasteiger partial charge in [0.2, 0.25) is 5.91 Å². The van der Waals surface area contributed by atoms with E-state index in [0.717, 1.165) is 5.56 Å². The van der Waals surface area contributed by atoms with Crippen molar-refractivity contribution < 1.29 is 14.3 Å². The van der Waals surface area contributed by atoms with Crippen LogP contribution in [-0.2, 0) is 11.3 Å². The molecule has 0 saturated heterocycles. The summed E-state index contributed by atoms with van der Waals surface area (Å²) in [6.07, 6.45) is 3.26. The van der Waals surface area contributed by atoms with Crippen molar-refractivity contribution in [2.24, 2.45) is 0 Å². The maximum absolute atomic E-state index is 12.9. The van der Waals surface area contributed by atoms with Crippen LogP contribution in [0, 0.1) is 0 Å². The molecule has 0 aliphatic carbocycles. The van der Waals surface area contributed by atoms with Gasteiger partial charge < -0.3 is 19.4 Å². The summed E-state index contributed by atoms with van der Waals surface area (Å²) in [6, 6.07) is 12.6. The second-order valence-electron chi connectivity index (χ2n) is 7.33. The molecule has 4 rings (SSSR count). The van der Waals surface area contributed by atoms with E-state index in [1.54, 1.807) is 29.2 Å². The molecule has 1 aliphatic rings. The monoisotopic (exact) mass is 405 g/mol. The van der Waals surface area contributed by atoms with Crippen molar-refractivity contribution in [1.82, 2.24) is 14.9 Å². The quantitative estimate of drug-likeness (QED) is 0.659. The average molecular weight is 405 g/mol. The number of carbonyl (C=O) groups is 1. The maximum Gasteiger partial charge on any atom is 0.258 e. The van der Waals surface area contributed by atoms with Crippen LogP contribution in [0.5, 0.6) is 11.5 Å². The van der Waals surface area contributed by atoms with E-state index < -0.39 is 0 Å². The number of aromatic nitrogens is 2. The fourth-order valence-electron chi connectivity index (χ4n) is 3.31. The zero-order valence-corrected chi connectivity index (χ0v) is 16.9. The van der Waals surface area contributed by atoms with Crippen LogP contribution in [0.15, 0.2) is 53.3 Å². The van der Waals surface area contributed by atoms with Crippen LogP contribution in [0.1, 0.15) is 25.2 Å². The number of H-pyrrole nitrogens is 1. The van der Waals surface area contributed by atoms with Crippen molar-refractivity contribution in [3.05, 3.63) is 70.3 Å². The number of ether oxygens (including phenoxy) is 2. The van der Waals surface area contributed by atoms with Crippen LogP contribution >= 0.6 is 0 Å². The van der Waals surface area contributed by atoms with E-state index in [4.69, 9.17) is 9.47 Å². The van der Waals surface area contributed by atoms with Crippen LogP contribution in [-0.4, -0.2) is 40.0 Å². The molecular formula is C23H23N3O4. The highest BCUT2D eigenvalue weighted by molar-refractivity contribution is 5.92. The van der Waals surface area contributed by atoms with Gasteiger partial charge in [0.15, 0.2) is 11.5 Å². The van der Waals surface area contributed by atoms with Crippen molar-refractivity contribution in [3.8, 4) is 11.5 Å². The van der Waals surface area contributed by atoms with E-state index in [2.05, 4.69) is 9.97 Å². The first-order valence-electron chi connectivity index (χ1n) is 9.87. The summed E-state index contributed by atoms with van der Waals surface area (Å²) in [5.74, 6) is 1.67. The number of hydrogen-bond donors (Lipinski definition) is 1. The summed E-state index contributed by atoms with van der Waals surface area (Å²) in [5.41, 5.74) is 1.24. The molecule has 0 unspecified atom stereocenters. The molecule has 2 aromatic carbocycles. The number of benzene rings is 2. The number of nitrogens with zero attached hydrogens (tertiary/aromatic N) is 2. The van der Waals surface area contributed by atoms with Gasteiger partial charge in [-0.3, -0.25) is 9.59 Å². The number of para-hydroxylation sites is 1. The minimum atomic E-state index is -0.210. The lowest BCUT2D eigenvalue weighted by atomic mass is 10.1. The van der Waals surface area contributed by atoms with Gasteiger partial charge in [0.25, 0.3) is 5.56 Å². The molecule has 0 fully saturated rings. The Balaban J connectivity index is 1.53. The summed E-state index contributed by atoms with van der Waals surface area (Å²) in [4.78, 5) is 34.1. The van der Waals surface area contributed by atoms with Crippen molar-refractivity contribution in [1.29, 1.82) is 0 Å². The van der Waals surface area contributed by atoms with E-state index >= 15 is 0 Å². The predicted molar refractivity (Wildman–Crippen MR) is 115 cm³/mol. The first-order chi connectivity index (χ1) is 14.5. The third-order valence-corrected chi connectivity index (χ3v) is 4.87. The molecule has 1 N–H and O–H groups in total. The molecule has 7 nitrogen and oxygen atoms in total. The fraction of sp³-hybridized carbons (Fsp3) is 0.261. The van der Waals surface area contributed by atoms with Crippen molar-refractivity contribution in [3.63, 3.8) is 0 Å². The van der Waals surface area contributed by atoms with Gasteiger partial charge in [0, 0.05) is 12.1 Å². The SMILES string of the molecule is CC(C)N(Cc1nc2ccccc2c(=O)[nH]1)C(=O)/C=C/c1ccc2c(c1)OCCO2. The summed E-state index contributed by atoms with van der Waals surface area (Å²) < 4.78 is 11.1. The molecular weight excluding hydrogens is 382 g/mol. The first kappa shape index (κ1) is 19.7. The maximum atomic E-state index is 12.9. The number of fused-ring (bicyclic) bond motifs is 2. The van der Waals surface area contributed by atoms with Gasteiger partial charge in [-0.05, 0) is 49.8 Å². The third kappa shape index (κ3) is 4.20. The van der Waals surface area contributed by atoms with E-state index in [9.17, 15) is 9.59 Å². The molecule has 0 spiro atoms. The number of rotatable bonds is 5. The number of aromatic amines is 1. The predicted octanol–water partition coefficient (Wildman–Crippen LogP) is 3.14. The minimum absolute atomic E-state index is 0.0702. The molecule has 0 saturated carbocycles. The van der Waals surface area contributed by atoms with E-state index in [-0.39, 0.29) is 24.1 Å². The highest BCUT2D eigenvalue weighted by atomic mass is 16.6. The Hall–Kier alpha value is -3.61. The number of nitrogens with one attached hydrogen (secondary N) is 1. The van der Waals surface area contributed by atoms with Gasteiger partial charge in [0.1, 0.15) is 19.0 Å². The Labute approximate surface area is 174 Å². The van der Waals surface area contributed by atoms with E-state index in [1.165, 1.54) is 6.08 Å². The van der Waals surface area contributed by atoms with Crippen molar-refractivity contribution in [2.45, 2.75) is 26.4 Å². The molecule has 7 heteroatoms. The largest absolute Gasteiger partial charge is 0.486 e. The Morgan fingerprint density at radius 1 is 1.17 bits per heavy atom. The minimum Gasteiger partial charge on any atom is -0.486 e. The molecule has 1 aromatic heterocycles. The van der Waals surface area contributed by atoms with Gasteiger partial charge in [-0.25, -0.2) is 4.98 Å². The summed E-state index contributed by atoms with van der Waals surface area (Å²) >= 11 is 0. The zero-order valence-electron chi connectivity index (χ0n) is 16.9. The Kier molecular flexibility index (Phi) is 5.52. The van der Waals surface area contributed by atoms with Crippen LogP contribution in [0.3, 0.4) is 0 Å². The normalized spacial score (nSPS) is 13.2. The summed E-state index contributed by atoms with van der Waals surface area (Å²) in [5, 5.41) is 0.530. The third-order valence-electron chi connectivity index (χ3n) is 4.87. The lowest BCUT2D eigenvalue weighted by Gasteiger charge is -2.25. The number of carbonyl (C=O) groups excluding carboxylic acids is 1. The second-order valence-corrected chi connectivity index (χ2v) is 7.33. The fourth-order valence-corrected chi connectivity index (χ4v) is 3.31. The van der Waals surface area contributed by atoms with Gasteiger partial charge in [0.05, 0.1) is 17.4 Å². The second kappa shape index (κ2) is 8.41. The van der Waals surface area contributed by atoms with Crippen molar-refractivity contribution in [2.75, 3.05) is 13.2 Å². The molecule has 154 valence electrons. The van der Waals surface area contributed by atoms with Gasteiger partial charge in [-0.2, -0.15) is 0 Å². The van der Waals surface area contributed by atoms with Crippen LogP contribution in [0.25, 0.3) is 17.0 Å². The first-order valence-corrected chi connectivity index (χ1v) is 9.87. The zero-order chi connectivity index (χ0) is 21.1. The van der Waals surface area contributed by atoms with E-state index in [0.29, 0.717) is 41.4 Å². The van der Waals surface area contributed by atoms with Gasteiger partial charge in [-0.1, -0.05) is 18.2 Å². The molecule has 30 heavy (non-hydrogen) atoms. The molecule has 0 radical (unpaired) electrons. The number of amides is 1. The lowest BCUT2D eigenvalue weighted by Crippen LogP contribution is -2.36. The molecule has 0 bridgehead atoms. The van der Waals surface area contributed by atoms with Crippen molar-refractivity contribution >= 4 is 22.9 Å². The molecule has 3 aromatic rings. The Morgan fingerprint density at radius 2 is 1.93 bits per heavy atom. The lowest BCUT2D eigenvalue weighted by molar-refractivity contribution is -0.128. The van der Waals surface area contributed by atoms with Crippen LogP contribution in [0.2, 0.25) is 0 Å². The topological polar surface area (TPSA) is 84.5 Å². The number of hydrogen-bond acceptors (Lipinski definition) is 5. The average Bonchev–Trinajstić information content (AvgIpc) is 2.75. The van der Waals surface area contributed by atoms with Crippen LogP contribution < -0.4 is 15.0 Å². The highest BCUT2D eigenvalue weighted by Gasteiger charge is 2.17. The van der Waals surface area contributed by atoms with Gasteiger partial charge in [-0.15, -0.1) is 0 Å². The highest BCUT2D eigenvalue weighted by Crippen LogP contribution is 2.31. The standard InChI is InChI=1S/C23H23N3O4/c1-15(2)26(14-21-24-18-6-4-3-5-17(18)23(28)25-21)22(27)10-8-16-7-9-19-20(13-16)30-12-11-29-19/h3-10,13,15H,11-12,14H2,1-2H3,(H,24,25,28)/b10-8+.